The van der Waals surface area contributed by atoms with E-state index in [1.165, 1.54) is 12.1 Å². The Kier molecular flexibility index (Phi) is 4.11. The molecule has 6 heteroatoms. The lowest BCUT2D eigenvalue weighted by Gasteiger charge is -2.28. The Labute approximate surface area is 128 Å². The number of halogens is 1. The third kappa shape index (κ3) is 2.83. The molecule has 2 amide bonds. The fourth-order valence-corrected chi connectivity index (χ4v) is 3.37. The second-order valence-corrected chi connectivity index (χ2v) is 6.03. The number of amides is 2. The van der Waals surface area contributed by atoms with Crippen LogP contribution >= 0.6 is 0 Å². The standard InChI is InChI=1S/C16H20FN3O2/c1-18-8-10-4-5-20(9-10)16(22)13-7-15(21)19-14-6-11(17)2-3-12(13)14/h2-3,6,10,13,18H,4-5,7-9H2,1H3,(H,19,21). The Morgan fingerprint density at radius 1 is 1.50 bits per heavy atom. The number of nitrogens with one attached hydrogen (secondary N) is 2. The van der Waals surface area contributed by atoms with Crippen LogP contribution in [0.15, 0.2) is 18.2 Å². The number of hydrogen-bond acceptors (Lipinski definition) is 3. The van der Waals surface area contributed by atoms with Crippen LogP contribution in [-0.2, 0) is 9.59 Å². The molecule has 2 atom stereocenters. The summed E-state index contributed by atoms with van der Waals surface area (Å²) in [5.41, 5.74) is 1.13. The number of anilines is 1. The molecule has 118 valence electrons. The summed E-state index contributed by atoms with van der Waals surface area (Å²) in [7, 11) is 1.90. The molecule has 1 fully saturated rings. The van der Waals surface area contributed by atoms with Crippen molar-refractivity contribution in [2.75, 3.05) is 32.0 Å². The second-order valence-electron chi connectivity index (χ2n) is 6.03. The van der Waals surface area contributed by atoms with Crippen molar-refractivity contribution >= 4 is 17.5 Å². The van der Waals surface area contributed by atoms with Gasteiger partial charge in [0, 0.05) is 25.2 Å². The molecule has 2 heterocycles. The lowest BCUT2D eigenvalue weighted by atomic mass is 9.89. The Morgan fingerprint density at radius 3 is 3.09 bits per heavy atom. The van der Waals surface area contributed by atoms with Gasteiger partial charge in [0.1, 0.15) is 5.82 Å². The number of fused-ring (bicyclic) bond motifs is 1. The summed E-state index contributed by atoms with van der Waals surface area (Å²) in [5.74, 6) is -0.720. The van der Waals surface area contributed by atoms with Crippen molar-refractivity contribution in [2.45, 2.75) is 18.8 Å². The highest BCUT2D eigenvalue weighted by Crippen LogP contribution is 2.35. The molecule has 2 unspecified atom stereocenters. The average molecular weight is 305 g/mol. The smallest absolute Gasteiger partial charge is 0.230 e. The first kappa shape index (κ1) is 15.0. The van der Waals surface area contributed by atoms with Gasteiger partial charge in [-0.3, -0.25) is 9.59 Å². The minimum Gasteiger partial charge on any atom is -0.342 e. The minimum absolute atomic E-state index is 0.0266. The monoisotopic (exact) mass is 305 g/mol. The molecule has 5 nitrogen and oxygen atoms in total. The summed E-state index contributed by atoms with van der Waals surface area (Å²) in [6, 6.07) is 4.22. The molecule has 0 aromatic heterocycles. The van der Waals surface area contributed by atoms with Gasteiger partial charge in [-0.2, -0.15) is 0 Å². The zero-order chi connectivity index (χ0) is 15.7. The maximum absolute atomic E-state index is 13.3. The van der Waals surface area contributed by atoms with E-state index in [1.807, 2.05) is 11.9 Å². The van der Waals surface area contributed by atoms with Crippen molar-refractivity contribution in [3.8, 4) is 0 Å². The third-order valence-electron chi connectivity index (χ3n) is 4.44. The zero-order valence-electron chi connectivity index (χ0n) is 12.6. The summed E-state index contributed by atoms with van der Waals surface area (Å²) in [6.07, 6.45) is 1.10. The highest BCUT2D eigenvalue weighted by Gasteiger charge is 2.36. The molecule has 22 heavy (non-hydrogen) atoms. The van der Waals surface area contributed by atoms with E-state index in [9.17, 15) is 14.0 Å². The predicted octanol–water partition coefficient (Wildman–Crippen LogP) is 1.32. The lowest BCUT2D eigenvalue weighted by Crippen LogP contribution is -2.38. The van der Waals surface area contributed by atoms with E-state index in [-0.39, 0.29) is 18.2 Å². The van der Waals surface area contributed by atoms with Gasteiger partial charge in [0.15, 0.2) is 0 Å². The maximum atomic E-state index is 13.3. The summed E-state index contributed by atoms with van der Waals surface area (Å²) < 4.78 is 13.3. The molecule has 1 aromatic carbocycles. The van der Waals surface area contributed by atoms with Crippen molar-refractivity contribution in [2.24, 2.45) is 5.92 Å². The van der Waals surface area contributed by atoms with Gasteiger partial charge in [-0.15, -0.1) is 0 Å². The van der Waals surface area contributed by atoms with Gasteiger partial charge < -0.3 is 15.5 Å². The predicted molar refractivity (Wildman–Crippen MR) is 81.0 cm³/mol. The van der Waals surface area contributed by atoms with E-state index in [2.05, 4.69) is 10.6 Å². The minimum atomic E-state index is -0.502. The third-order valence-corrected chi connectivity index (χ3v) is 4.44. The molecule has 0 saturated carbocycles. The van der Waals surface area contributed by atoms with Gasteiger partial charge in [-0.05, 0) is 43.6 Å². The van der Waals surface area contributed by atoms with E-state index in [0.29, 0.717) is 23.7 Å². The van der Waals surface area contributed by atoms with Crippen LogP contribution in [0.5, 0.6) is 0 Å². The first-order valence-electron chi connectivity index (χ1n) is 7.61. The van der Waals surface area contributed by atoms with Crippen molar-refractivity contribution in [3.05, 3.63) is 29.6 Å². The van der Waals surface area contributed by atoms with Crippen LogP contribution in [0.4, 0.5) is 10.1 Å². The molecule has 0 radical (unpaired) electrons. The fourth-order valence-electron chi connectivity index (χ4n) is 3.37. The van der Waals surface area contributed by atoms with E-state index >= 15 is 0 Å². The zero-order valence-corrected chi connectivity index (χ0v) is 12.6. The van der Waals surface area contributed by atoms with Crippen molar-refractivity contribution in [3.63, 3.8) is 0 Å². The first-order chi connectivity index (χ1) is 10.6. The molecular weight excluding hydrogens is 285 g/mol. The van der Waals surface area contributed by atoms with Gasteiger partial charge in [-0.25, -0.2) is 4.39 Å². The summed E-state index contributed by atoms with van der Waals surface area (Å²) in [6.45, 7) is 2.32. The Hall–Kier alpha value is -1.95. The molecule has 3 rings (SSSR count). The Bertz CT molecular complexity index is 605. The number of carbonyl (C=O) groups excluding carboxylic acids is 2. The Balaban J connectivity index is 1.80. The molecule has 2 aliphatic rings. The Morgan fingerprint density at radius 2 is 2.32 bits per heavy atom. The number of hydrogen-bond donors (Lipinski definition) is 2. The largest absolute Gasteiger partial charge is 0.342 e. The molecule has 1 saturated heterocycles. The summed E-state index contributed by atoms with van der Waals surface area (Å²) in [5, 5.41) is 5.78. The fraction of sp³-hybridized carbons (Fsp3) is 0.500. The molecule has 1 aromatic rings. The van der Waals surface area contributed by atoms with Crippen LogP contribution in [-0.4, -0.2) is 43.4 Å². The van der Waals surface area contributed by atoms with Gasteiger partial charge in [0.05, 0.1) is 5.92 Å². The van der Waals surface area contributed by atoms with Crippen LogP contribution in [0.3, 0.4) is 0 Å². The molecule has 2 aliphatic heterocycles. The van der Waals surface area contributed by atoms with Gasteiger partial charge in [-0.1, -0.05) is 6.07 Å². The van der Waals surface area contributed by atoms with E-state index in [4.69, 9.17) is 0 Å². The number of carbonyl (C=O) groups is 2. The van der Waals surface area contributed by atoms with E-state index < -0.39 is 11.7 Å². The van der Waals surface area contributed by atoms with Gasteiger partial charge in [0.2, 0.25) is 11.8 Å². The van der Waals surface area contributed by atoms with Gasteiger partial charge >= 0.3 is 0 Å². The van der Waals surface area contributed by atoms with Crippen molar-refractivity contribution in [1.29, 1.82) is 0 Å². The summed E-state index contributed by atoms with van der Waals surface area (Å²) in [4.78, 5) is 26.4. The van der Waals surface area contributed by atoms with Crippen molar-refractivity contribution < 1.29 is 14.0 Å². The number of nitrogens with zero attached hydrogens (tertiary/aromatic N) is 1. The SMILES string of the molecule is CNCC1CCN(C(=O)C2CC(=O)Nc3cc(F)ccc32)C1. The highest BCUT2D eigenvalue weighted by molar-refractivity contribution is 6.01. The van der Waals surface area contributed by atoms with Crippen LogP contribution in [0, 0.1) is 11.7 Å². The molecular formula is C16H20FN3O2. The molecule has 0 bridgehead atoms. The normalized spacial score (nSPS) is 24.1. The molecule has 0 aliphatic carbocycles. The van der Waals surface area contributed by atoms with E-state index in [0.717, 1.165) is 19.5 Å². The number of rotatable bonds is 3. The molecule has 0 spiro atoms. The summed E-state index contributed by atoms with van der Waals surface area (Å²) >= 11 is 0. The first-order valence-corrected chi connectivity index (χ1v) is 7.61. The number of benzene rings is 1. The second kappa shape index (κ2) is 6.04. The average Bonchev–Trinajstić information content (AvgIpc) is 2.94. The lowest BCUT2D eigenvalue weighted by molar-refractivity contribution is -0.134. The molecule has 2 N–H and O–H groups in total. The quantitative estimate of drug-likeness (QED) is 0.885. The topological polar surface area (TPSA) is 61.4 Å². The highest BCUT2D eigenvalue weighted by atomic mass is 19.1. The van der Waals surface area contributed by atoms with E-state index in [1.54, 1.807) is 6.07 Å². The maximum Gasteiger partial charge on any atom is 0.230 e. The van der Waals surface area contributed by atoms with Crippen molar-refractivity contribution in [1.82, 2.24) is 10.2 Å². The number of likely N-dealkylation sites (tertiary alicyclic amines) is 1. The van der Waals surface area contributed by atoms with Crippen LogP contribution < -0.4 is 10.6 Å². The van der Waals surface area contributed by atoms with Crippen LogP contribution in [0.25, 0.3) is 0 Å². The van der Waals surface area contributed by atoms with Crippen LogP contribution in [0.2, 0.25) is 0 Å². The van der Waals surface area contributed by atoms with Gasteiger partial charge in [0.25, 0.3) is 0 Å². The van der Waals surface area contributed by atoms with Crippen LogP contribution in [0.1, 0.15) is 24.3 Å².